The third-order valence-corrected chi connectivity index (χ3v) is 6.23. The van der Waals surface area contributed by atoms with Gasteiger partial charge in [-0.05, 0) is 30.5 Å². The number of amides is 3. The molecule has 0 spiro atoms. The van der Waals surface area contributed by atoms with Crippen LogP contribution in [0.2, 0.25) is 0 Å². The molecule has 0 fully saturated rings. The molecule has 0 saturated carbocycles. The van der Waals surface area contributed by atoms with Crippen molar-refractivity contribution in [1.29, 1.82) is 0 Å². The molecule has 1 heterocycles. The number of aliphatic hydroxyl groups is 2. The zero-order valence-electron chi connectivity index (χ0n) is 21.3. The lowest BCUT2D eigenvalue weighted by atomic mass is 10.0. The Hall–Kier alpha value is -4.26. The number of aromatic nitrogens is 1. The number of fused-ring (bicyclic) bond motifs is 1. The summed E-state index contributed by atoms with van der Waals surface area (Å²) in [5.74, 6) is -3.89. The number of carbonyl (C=O) groups is 4. The number of nitrogens with two attached hydrogens (primary N) is 1. The first-order valence-electron chi connectivity index (χ1n) is 12.4. The molecule has 3 rings (SSSR count). The lowest BCUT2D eigenvalue weighted by Crippen LogP contribution is -2.60. The van der Waals surface area contributed by atoms with Crippen molar-refractivity contribution >= 4 is 34.6 Å². The molecule has 5 atom stereocenters. The number of para-hydroxylation sites is 1. The van der Waals surface area contributed by atoms with Gasteiger partial charge in [-0.1, -0.05) is 48.5 Å². The van der Waals surface area contributed by atoms with Gasteiger partial charge in [0.15, 0.2) is 0 Å². The minimum atomic E-state index is -1.63. The molecule has 9 N–H and O–H groups in total. The molecule has 3 amide bonds. The largest absolute Gasteiger partial charge is 0.480 e. The van der Waals surface area contributed by atoms with Crippen molar-refractivity contribution in [2.75, 3.05) is 6.61 Å². The van der Waals surface area contributed by atoms with Crippen LogP contribution >= 0.6 is 0 Å². The Labute approximate surface area is 224 Å². The first-order valence-corrected chi connectivity index (χ1v) is 12.4. The Morgan fingerprint density at radius 1 is 0.872 bits per heavy atom. The van der Waals surface area contributed by atoms with Crippen LogP contribution in [0.25, 0.3) is 10.9 Å². The number of carboxylic acid groups (broad SMARTS) is 1. The number of hydrogen-bond acceptors (Lipinski definition) is 7. The van der Waals surface area contributed by atoms with Crippen LogP contribution in [0.3, 0.4) is 0 Å². The molecule has 208 valence electrons. The monoisotopic (exact) mass is 539 g/mol. The molecule has 0 radical (unpaired) electrons. The van der Waals surface area contributed by atoms with E-state index < -0.39 is 60.6 Å². The van der Waals surface area contributed by atoms with Gasteiger partial charge in [0.2, 0.25) is 17.7 Å². The summed E-state index contributed by atoms with van der Waals surface area (Å²) < 4.78 is 0. The number of aromatic amines is 1. The van der Waals surface area contributed by atoms with E-state index >= 15 is 0 Å². The predicted molar refractivity (Wildman–Crippen MR) is 142 cm³/mol. The number of rotatable bonds is 13. The van der Waals surface area contributed by atoms with Crippen LogP contribution in [-0.4, -0.2) is 80.9 Å². The molecule has 12 heteroatoms. The summed E-state index contributed by atoms with van der Waals surface area (Å²) in [7, 11) is 0. The van der Waals surface area contributed by atoms with Gasteiger partial charge >= 0.3 is 5.97 Å². The molecule has 0 aliphatic rings. The van der Waals surface area contributed by atoms with E-state index in [1.807, 2.05) is 54.6 Å². The van der Waals surface area contributed by atoms with Gasteiger partial charge in [0.05, 0.1) is 18.8 Å². The van der Waals surface area contributed by atoms with Crippen molar-refractivity contribution in [2.24, 2.45) is 5.73 Å². The Kier molecular flexibility index (Phi) is 10.1. The van der Waals surface area contributed by atoms with Crippen LogP contribution in [0.15, 0.2) is 60.8 Å². The van der Waals surface area contributed by atoms with Gasteiger partial charge < -0.3 is 42.0 Å². The van der Waals surface area contributed by atoms with Gasteiger partial charge in [-0.2, -0.15) is 0 Å². The maximum atomic E-state index is 13.4. The van der Waals surface area contributed by atoms with Crippen LogP contribution < -0.4 is 21.7 Å². The van der Waals surface area contributed by atoms with Crippen molar-refractivity contribution in [1.82, 2.24) is 20.9 Å². The molecular formula is C27H33N5O7. The summed E-state index contributed by atoms with van der Waals surface area (Å²) in [5, 5.41) is 36.5. The number of aliphatic carboxylic acids is 1. The minimum absolute atomic E-state index is 0.0299. The maximum absolute atomic E-state index is 13.4. The highest BCUT2D eigenvalue weighted by Gasteiger charge is 2.33. The second kappa shape index (κ2) is 13.5. The van der Waals surface area contributed by atoms with Gasteiger partial charge in [0, 0.05) is 23.5 Å². The molecule has 0 aliphatic carbocycles. The van der Waals surface area contributed by atoms with E-state index in [9.17, 15) is 29.4 Å². The van der Waals surface area contributed by atoms with Gasteiger partial charge in [-0.25, -0.2) is 4.79 Å². The van der Waals surface area contributed by atoms with E-state index in [0.717, 1.165) is 16.5 Å². The second-order valence-electron chi connectivity index (χ2n) is 9.23. The zero-order chi connectivity index (χ0) is 28.5. The van der Waals surface area contributed by atoms with Crippen LogP contribution in [0.5, 0.6) is 0 Å². The molecule has 3 aromatic rings. The van der Waals surface area contributed by atoms with Crippen molar-refractivity contribution in [3.63, 3.8) is 0 Å². The van der Waals surface area contributed by atoms with E-state index in [4.69, 9.17) is 10.8 Å². The van der Waals surface area contributed by atoms with Crippen LogP contribution in [0, 0.1) is 0 Å². The number of aliphatic hydroxyl groups excluding tert-OH is 2. The highest BCUT2D eigenvalue weighted by Crippen LogP contribution is 2.19. The number of benzene rings is 2. The summed E-state index contributed by atoms with van der Waals surface area (Å²) >= 11 is 0. The molecule has 0 bridgehead atoms. The fourth-order valence-electron chi connectivity index (χ4n) is 4.08. The predicted octanol–water partition coefficient (Wildman–Crippen LogP) is -0.807. The fourth-order valence-corrected chi connectivity index (χ4v) is 4.08. The number of nitrogens with one attached hydrogen (secondary N) is 4. The summed E-state index contributed by atoms with van der Waals surface area (Å²) in [6.45, 7) is 0.350. The van der Waals surface area contributed by atoms with E-state index in [1.165, 1.54) is 6.92 Å². The number of carbonyl (C=O) groups excluding carboxylic acids is 3. The summed E-state index contributed by atoms with van der Waals surface area (Å²) in [5.41, 5.74) is 8.50. The van der Waals surface area contributed by atoms with Crippen LogP contribution in [-0.2, 0) is 32.0 Å². The highest BCUT2D eigenvalue weighted by atomic mass is 16.4. The average molecular weight is 540 g/mol. The van der Waals surface area contributed by atoms with Crippen molar-refractivity contribution in [3.05, 3.63) is 71.9 Å². The van der Waals surface area contributed by atoms with E-state index in [2.05, 4.69) is 20.9 Å². The second-order valence-corrected chi connectivity index (χ2v) is 9.23. The highest BCUT2D eigenvalue weighted by molar-refractivity contribution is 5.95. The van der Waals surface area contributed by atoms with Crippen LogP contribution in [0.4, 0.5) is 0 Å². The third-order valence-electron chi connectivity index (χ3n) is 6.23. The van der Waals surface area contributed by atoms with Gasteiger partial charge in [0.1, 0.15) is 18.1 Å². The van der Waals surface area contributed by atoms with Crippen molar-refractivity contribution in [3.8, 4) is 0 Å². The minimum Gasteiger partial charge on any atom is -0.480 e. The molecule has 5 unspecified atom stereocenters. The molecular weight excluding hydrogens is 506 g/mol. The zero-order valence-corrected chi connectivity index (χ0v) is 21.3. The Balaban J connectivity index is 1.81. The van der Waals surface area contributed by atoms with Gasteiger partial charge in [-0.3, -0.25) is 14.4 Å². The third kappa shape index (κ3) is 7.87. The molecule has 1 aromatic heterocycles. The topological polar surface area (TPSA) is 207 Å². The Morgan fingerprint density at radius 2 is 1.51 bits per heavy atom. The van der Waals surface area contributed by atoms with Gasteiger partial charge in [0.25, 0.3) is 0 Å². The quantitative estimate of drug-likeness (QED) is 0.137. The number of hydrogen-bond donors (Lipinski definition) is 8. The standard InChI is InChI=1S/C27H33N5O7/c1-15(34)23(26(37)31-22(14-33)27(38)39)32-25(36)21(12-17-13-29-20-10-6-5-9-18(17)20)30-24(35)19(28)11-16-7-3-2-4-8-16/h2-10,13,15,19,21-23,29,33-34H,11-12,14,28H2,1H3,(H,30,35)(H,31,37)(H,32,36)(H,38,39). The van der Waals surface area contributed by atoms with E-state index in [1.54, 1.807) is 6.20 Å². The lowest BCUT2D eigenvalue weighted by molar-refractivity contribution is -0.144. The average Bonchev–Trinajstić information content (AvgIpc) is 3.32. The summed E-state index contributed by atoms with van der Waals surface area (Å²) in [6.07, 6.45) is 0.539. The molecule has 0 saturated heterocycles. The summed E-state index contributed by atoms with van der Waals surface area (Å²) in [6, 6.07) is 11.2. The maximum Gasteiger partial charge on any atom is 0.328 e. The van der Waals surface area contributed by atoms with Crippen LogP contribution in [0.1, 0.15) is 18.1 Å². The number of carboxylic acids is 1. The molecule has 2 aromatic carbocycles. The Bertz CT molecular complexity index is 1290. The van der Waals surface area contributed by atoms with E-state index in [0.29, 0.717) is 5.56 Å². The Morgan fingerprint density at radius 3 is 2.15 bits per heavy atom. The first kappa shape index (κ1) is 29.3. The SMILES string of the molecule is CC(O)C(NC(=O)C(Cc1c[nH]c2ccccc12)NC(=O)C(N)Cc1ccccc1)C(=O)NC(CO)C(=O)O. The number of H-pyrrole nitrogens is 1. The molecule has 12 nitrogen and oxygen atoms in total. The van der Waals surface area contributed by atoms with Crippen molar-refractivity contribution < 1.29 is 34.5 Å². The lowest BCUT2D eigenvalue weighted by Gasteiger charge is -2.26. The fraction of sp³-hybridized carbons (Fsp3) is 0.333. The molecule has 39 heavy (non-hydrogen) atoms. The molecule has 0 aliphatic heterocycles. The van der Waals surface area contributed by atoms with Gasteiger partial charge in [-0.15, -0.1) is 0 Å². The normalized spacial score (nSPS) is 15.0. The first-order chi connectivity index (χ1) is 18.6. The smallest absolute Gasteiger partial charge is 0.328 e. The van der Waals surface area contributed by atoms with E-state index in [-0.39, 0.29) is 12.8 Å². The summed E-state index contributed by atoms with van der Waals surface area (Å²) in [4.78, 5) is 53.4. The van der Waals surface area contributed by atoms with Crippen molar-refractivity contribution in [2.45, 2.75) is 50.0 Å².